The van der Waals surface area contributed by atoms with Gasteiger partial charge in [-0.05, 0) is 35.7 Å². The molecule has 0 unspecified atom stereocenters. The van der Waals surface area contributed by atoms with Crippen molar-refractivity contribution in [2.75, 3.05) is 13.2 Å². The van der Waals surface area contributed by atoms with Gasteiger partial charge in [-0.1, -0.05) is 36.4 Å². The Kier molecular flexibility index (Phi) is 5.30. The van der Waals surface area contributed by atoms with Gasteiger partial charge >= 0.3 is 5.97 Å². The summed E-state index contributed by atoms with van der Waals surface area (Å²) in [5.74, 6) is -0.782. The van der Waals surface area contributed by atoms with Gasteiger partial charge in [-0.25, -0.2) is 14.2 Å². The molecule has 4 aromatic rings. The van der Waals surface area contributed by atoms with Gasteiger partial charge in [0.1, 0.15) is 13.2 Å². The van der Waals surface area contributed by atoms with E-state index in [2.05, 4.69) is 4.98 Å². The molecule has 140 valence electrons. The zero-order valence-corrected chi connectivity index (χ0v) is 15.6. The summed E-state index contributed by atoms with van der Waals surface area (Å²) in [4.78, 5) is 18.3. The van der Waals surface area contributed by atoms with Crippen LogP contribution in [0.15, 0.2) is 72.1 Å². The molecule has 0 N–H and O–H groups in total. The van der Waals surface area contributed by atoms with Gasteiger partial charge in [-0.2, -0.15) is 0 Å². The lowest BCUT2D eigenvalue weighted by atomic mass is 10.1. The summed E-state index contributed by atoms with van der Waals surface area (Å²) in [5, 5.41) is 2.69. The Bertz CT molecular complexity index is 1110. The van der Waals surface area contributed by atoms with E-state index in [1.165, 1.54) is 12.1 Å². The lowest BCUT2D eigenvalue weighted by Gasteiger charge is -2.10. The molecule has 0 aliphatic rings. The fourth-order valence-corrected chi connectivity index (χ4v) is 3.51. The number of halogens is 1. The number of rotatable bonds is 6. The molecule has 0 bridgehead atoms. The predicted molar refractivity (Wildman–Crippen MR) is 107 cm³/mol. The monoisotopic (exact) mass is 393 g/mol. The van der Waals surface area contributed by atoms with Crippen LogP contribution in [0.1, 0.15) is 10.4 Å². The maximum atomic E-state index is 13.6. The number of hydrogen-bond donors (Lipinski definition) is 0. The van der Waals surface area contributed by atoms with Crippen molar-refractivity contribution in [3.63, 3.8) is 0 Å². The average molecular weight is 393 g/mol. The van der Waals surface area contributed by atoms with Gasteiger partial charge in [0.05, 0.1) is 21.7 Å². The third-order valence-corrected chi connectivity index (χ3v) is 5.01. The van der Waals surface area contributed by atoms with Gasteiger partial charge < -0.3 is 9.47 Å². The minimum Gasteiger partial charge on any atom is -0.487 e. The van der Waals surface area contributed by atoms with E-state index in [1.807, 2.05) is 41.8 Å². The summed E-state index contributed by atoms with van der Waals surface area (Å²) in [6.45, 7) is 0.0750. The molecule has 0 spiro atoms. The van der Waals surface area contributed by atoms with Crippen molar-refractivity contribution < 1.29 is 18.7 Å². The Hall–Kier alpha value is -3.25. The van der Waals surface area contributed by atoms with Crippen molar-refractivity contribution in [1.82, 2.24) is 4.98 Å². The van der Waals surface area contributed by atoms with Gasteiger partial charge in [-0.3, -0.25) is 0 Å². The number of thiophene rings is 1. The lowest BCUT2D eigenvalue weighted by Crippen LogP contribution is -2.13. The molecule has 6 heteroatoms. The van der Waals surface area contributed by atoms with E-state index in [0.29, 0.717) is 5.56 Å². The molecule has 0 amide bonds. The van der Waals surface area contributed by atoms with Crippen LogP contribution in [0.25, 0.3) is 21.5 Å². The SMILES string of the molecule is O=C(OCCOc1ccccc1F)c1cc(-c2cccs2)nc2ccccc12. The molecule has 0 saturated carbocycles. The van der Waals surface area contributed by atoms with Crippen LogP contribution in [0, 0.1) is 5.82 Å². The molecule has 0 radical (unpaired) electrons. The van der Waals surface area contributed by atoms with E-state index in [1.54, 1.807) is 29.5 Å². The molecule has 0 atom stereocenters. The first kappa shape index (κ1) is 18.1. The Morgan fingerprint density at radius 3 is 2.64 bits per heavy atom. The van der Waals surface area contributed by atoms with Crippen LogP contribution in [-0.4, -0.2) is 24.2 Å². The van der Waals surface area contributed by atoms with Gasteiger partial charge in [0, 0.05) is 5.39 Å². The molecule has 0 aliphatic heterocycles. The highest BCUT2D eigenvalue weighted by molar-refractivity contribution is 7.13. The molecule has 2 aromatic carbocycles. The average Bonchev–Trinajstić information content (AvgIpc) is 3.26. The summed E-state index contributed by atoms with van der Waals surface area (Å²) >= 11 is 1.56. The van der Waals surface area contributed by atoms with Crippen molar-refractivity contribution in [3.05, 3.63) is 83.5 Å². The Morgan fingerprint density at radius 1 is 1.00 bits per heavy atom. The fraction of sp³-hybridized carbons (Fsp3) is 0.0909. The standard InChI is InChI=1S/C22H16FNO3S/c23-17-7-2-4-9-20(17)26-11-12-27-22(25)16-14-19(21-10-5-13-28-21)24-18-8-3-1-6-15(16)18/h1-10,13-14H,11-12H2. The number of carbonyl (C=O) groups excluding carboxylic acids is 1. The molecule has 0 fully saturated rings. The predicted octanol–water partition coefficient (Wildman–Crippen LogP) is 5.34. The number of hydrogen-bond acceptors (Lipinski definition) is 5. The van der Waals surface area contributed by atoms with E-state index in [9.17, 15) is 9.18 Å². The van der Waals surface area contributed by atoms with Crippen LogP contribution in [-0.2, 0) is 4.74 Å². The number of nitrogens with zero attached hydrogens (tertiary/aromatic N) is 1. The summed E-state index contributed by atoms with van der Waals surface area (Å²) in [5.41, 5.74) is 1.89. The van der Waals surface area contributed by atoms with Crippen molar-refractivity contribution in [2.24, 2.45) is 0 Å². The van der Waals surface area contributed by atoms with Gasteiger partial charge in [-0.15, -0.1) is 11.3 Å². The summed E-state index contributed by atoms with van der Waals surface area (Å²) < 4.78 is 24.2. The maximum absolute atomic E-state index is 13.6. The highest BCUT2D eigenvalue weighted by atomic mass is 32.1. The first-order chi connectivity index (χ1) is 13.7. The molecular formula is C22H16FNO3S. The Morgan fingerprint density at radius 2 is 1.82 bits per heavy atom. The molecular weight excluding hydrogens is 377 g/mol. The second kappa shape index (κ2) is 8.19. The number of carbonyl (C=O) groups is 1. The minimum absolute atomic E-state index is 0.0121. The smallest absolute Gasteiger partial charge is 0.339 e. The number of fused-ring (bicyclic) bond motifs is 1. The fourth-order valence-electron chi connectivity index (χ4n) is 2.82. The molecule has 0 aliphatic carbocycles. The van der Waals surface area contributed by atoms with Crippen LogP contribution >= 0.6 is 11.3 Å². The summed E-state index contributed by atoms with van der Waals surface area (Å²) in [6, 6.07) is 19.2. The number of pyridine rings is 1. The summed E-state index contributed by atoms with van der Waals surface area (Å²) in [6.07, 6.45) is 0. The molecule has 4 nitrogen and oxygen atoms in total. The first-order valence-electron chi connectivity index (χ1n) is 8.70. The van der Waals surface area contributed by atoms with Crippen LogP contribution in [0.2, 0.25) is 0 Å². The third kappa shape index (κ3) is 3.87. The maximum Gasteiger partial charge on any atom is 0.339 e. The second-order valence-electron chi connectivity index (χ2n) is 5.96. The largest absolute Gasteiger partial charge is 0.487 e. The van der Waals surface area contributed by atoms with E-state index in [-0.39, 0.29) is 19.0 Å². The number of para-hydroxylation sites is 2. The molecule has 4 rings (SSSR count). The first-order valence-corrected chi connectivity index (χ1v) is 9.58. The molecule has 2 heterocycles. The van der Waals surface area contributed by atoms with E-state index in [4.69, 9.17) is 9.47 Å². The quantitative estimate of drug-likeness (QED) is 0.328. The number of esters is 1. The number of benzene rings is 2. The van der Waals surface area contributed by atoms with Crippen LogP contribution < -0.4 is 4.74 Å². The van der Waals surface area contributed by atoms with Crippen molar-refractivity contribution in [1.29, 1.82) is 0 Å². The van der Waals surface area contributed by atoms with Crippen molar-refractivity contribution in [2.45, 2.75) is 0 Å². The lowest BCUT2D eigenvalue weighted by molar-refractivity contribution is 0.0450. The van der Waals surface area contributed by atoms with Gasteiger partial charge in [0.15, 0.2) is 11.6 Å². The Balaban J connectivity index is 1.51. The highest BCUT2D eigenvalue weighted by Crippen LogP contribution is 2.28. The van der Waals surface area contributed by atoms with Crippen molar-refractivity contribution in [3.8, 4) is 16.3 Å². The van der Waals surface area contributed by atoms with Crippen LogP contribution in [0.4, 0.5) is 4.39 Å². The number of aromatic nitrogens is 1. The third-order valence-electron chi connectivity index (χ3n) is 4.12. The van der Waals surface area contributed by atoms with E-state index in [0.717, 1.165) is 21.5 Å². The van der Waals surface area contributed by atoms with E-state index < -0.39 is 11.8 Å². The van der Waals surface area contributed by atoms with Gasteiger partial charge in [0.25, 0.3) is 0 Å². The van der Waals surface area contributed by atoms with Gasteiger partial charge in [0.2, 0.25) is 0 Å². The zero-order valence-electron chi connectivity index (χ0n) is 14.8. The second-order valence-corrected chi connectivity index (χ2v) is 6.91. The molecule has 2 aromatic heterocycles. The van der Waals surface area contributed by atoms with Crippen molar-refractivity contribution >= 4 is 28.2 Å². The highest BCUT2D eigenvalue weighted by Gasteiger charge is 2.15. The number of ether oxygens (including phenoxy) is 2. The molecule has 28 heavy (non-hydrogen) atoms. The summed E-state index contributed by atoms with van der Waals surface area (Å²) in [7, 11) is 0. The van der Waals surface area contributed by atoms with Crippen LogP contribution in [0.3, 0.4) is 0 Å². The molecule has 0 saturated heterocycles. The Labute approximate surface area is 165 Å². The normalized spacial score (nSPS) is 10.8. The minimum atomic E-state index is -0.464. The van der Waals surface area contributed by atoms with Crippen LogP contribution in [0.5, 0.6) is 5.75 Å². The van der Waals surface area contributed by atoms with E-state index >= 15 is 0 Å². The topological polar surface area (TPSA) is 48.4 Å². The zero-order chi connectivity index (χ0) is 19.3.